The summed E-state index contributed by atoms with van der Waals surface area (Å²) in [6, 6.07) is 0. The normalized spacial score (nSPS) is 6.20. The first-order valence-electron chi connectivity index (χ1n) is 2.53. The second kappa shape index (κ2) is 15.9. The van der Waals surface area contributed by atoms with E-state index < -0.39 is 0 Å². The third-order valence-electron chi connectivity index (χ3n) is 0.757. The third-order valence-corrected chi connectivity index (χ3v) is 0.757. The molecule has 0 aliphatic rings. The van der Waals surface area contributed by atoms with Crippen molar-refractivity contribution >= 4 is 5.78 Å². The van der Waals surface area contributed by atoms with Crippen molar-refractivity contribution in [2.75, 3.05) is 6.54 Å². The third kappa shape index (κ3) is 15.6. The van der Waals surface area contributed by atoms with Gasteiger partial charge in [0, 0.05) is 6.42 Å². The molecular formula is C8H23NO. The van der Waals surface area contributed by atoms with Gasteiger partial charge < -0.3 is 5.73 Å². The number of nitrogens with two attached hydrogens (primary N) is 1. The molecule has 0 spiro atoms. The van der Waals surface area contributed by atoms with Crippen LogP contribution in [0.15, 0.2) is 0 Å². The fraction of sp³-hybridized carbons (Fsp3) is 0.875. The maximum absolute atomic E-state index is 10.3. The Labute approximate surface area is 65.8 Å². The van der Waals surface area contributed by atoms with Crippen molar-refractivity contribution in [2.45, 2.75) is 42.0 Å². The molecule has 0 unspecified atom stereocenters. The molecule has 0 heterocycles. The van der Waals surface area contributed by atoms with E-state index in [-0.39, 0.29) is 34.6 Å². The fourth-order valence-electron chi connectivity index (χ4n) is 0.381. The highest BCUT2D eigenvalue weighted by atomic mass is 16.1. The number of rotatable bonds is 3. The summed E-state index contributed by atoms with van der Waals surface area (Å²) >= 11 is 0. The van der Waals surface area contributed by atoms with E-state index in [9.17, 15) is 4.79 Å². The van der Waals surface area contributed by atoms with Gasteiger partial charge >= 0.3 is 0 Å². The zero-order valence-corrected chi connectivity index (χ0v) is 4.61. The Morgan fingerprint density at radius 1 is 1.30 bits per heavy atom. The maximum Gasteiger partial charge on any atom is 0.146 e. The molecule has 0 saturated carbocycles. The van der Waals surface area contributed by atoms with Crippen LogP contribution in [0.4, 0.5) is 0 Å². The Balaban J connectivity index is -0.0000000600. The van der Waals surface area contributed by atoms with Crippen molar-refractivity contribution in [3.05, 3.63) is 0 Å². The minimum absolute atomic E-state index is 0. The molecule has 0 aromatic rings. The van der Waals surface area contributed by atoms with Crippen molar-refractivity contribution in [3.63, 3.8) is 0 Å². The summed E-state index contributed by atoms with van der Waals surface area (Å²) in [6.45, 7) is 2.17. The van der Waals surface area contributed by atoms with Gasteiger partial charge in [-0.1, -0.05) is 29.2 Å². The molecule has 0 radical (unpaired) electrons. The van der Waals surface area contributed by atoms with Gasteiger partial charge in [0.25, 0.3) is 0 Å². The lowest BCUT2D eigenvalue weighted by Crippen LogP contribution is -2.12. The summed E-state index contributed by atoms with van der Waals surface area (Å²) in [7, 11) is 0. The molecule has 0 aliphatic carbocycles. The van der Waals surface area contributed by atoms with Crippen molar-refractivity contribution in [1.29, 1.82) is 0 Å². The van der Waals surface area contributed by atoms with Gasteiger partial charge in [0.15, 0.2) is 0 Å². The SMILES string of the molecule is C.C.C.CCCC(=O)CN. The molecule has 2 heteroatoms. The van der Waals surface area contributed by atoms with Crippen LogP contribution in [0.3, 0.4) is 0 Å². The van der Waals surface area contributed by atoms with Crippen LogP contribution < -0.4 is 5.73 Å². The van der Waals surface area contributed by atoms with Crippen LogP contribution in [0.2, 0.25) is 0 Å². The van der Waals surface area contributed by atoms with Crippen LogP contribution >= 0.6 is 0 Å². The number of ketones is 1. The highest BCUT2D eigenvalue weighted by Crippen LogP contribution is 1.84. The zero-order valence-electron chi connectivity index (χ0n) is 4.61. The van der Waals surface area contributed by atoms with Crippen LogP contribution in [-0.4, -0.2) is 12.3 Å². The molecule has 0 fully saturated rings. The van der Waals surface area contributed by atoms with Crippen LogP contribution in [0, 0.1) is 0 Å². The quantitative estimate of drug-likeness (QED) is 0.668. The van der Waals surface area contributed by atoms with E-state index in [0.29, 0.717) is 6.42 Å². The molecule has 0 atom stereocenters. The molecule has 0 rings (SSSR count). The number of carbonyl (C=O) groups excluding carboxylic acids is 1. The van der Waals surface area contributed by atoms with Gasteiger partial charge in [-0.3, -0.25) is 4.79 Å². The average molecular weight is 149 g/mol. The molecule has 0 bridgehead atoms. The van der Waals surface area contributed by atoms with Crippen LogP contribution in [-0.2, 0) is 4.79 Å². The van der Waals surface area contributed by atoms with Crippen LogP contribution in [0.25, 0.3) is 0 Å². The topological polar surface area (TPSA) is 43.1 Å². The Kier molecular flexibility index (Phi) is 35.9. The lowest BCUT2D eigenvalue weighted by atomic mass is 10.2. The second-order valence-electron chi connectivity index (χ2n) is 1.49. The van der Waals surface area contributed by atoms with Gasteiger partial charge in [0.05, 0.1) is 6.54 Å². The minimum atomic E-state index is 0. The van der Waals surface area contributed by atoms with Gasteiger partial charge in [-0.05, 0) is 6.42 Å². The molecule has 10 heavy (non-hydrogen) atoms. The molecule has 0 amide bonds. The predicted molar refractivity (Wildman–Crippen MR) is 49.2 cm³/mol. The second-order valence-corrected chi connectivity index (χ2v) is 1.49. The predicted octanol–water partition coefficient (Wildman–Crippen LogP) is 2.22. The average Bonchev–Trinajstić information content (AvgIpc) is 1.68. The Bertz CT molecular complexity index is 62.3. The van der Waals surface area contributed by atoms with Crippen molar-refractivity contribution in [3.8, 4) is 0 Å². The van der Waals surface area contributed by atoms with Gasteiger partial charge in [0.2, 0.25) is 0 Å². The van der Waals surface area contributed by atoms with Gasteiger partial charge in [-0.25, -0.2) is 0 Å². The van der Waals surface area contributed by atoms with Crippen LogP contribution in [0.1, 0.15) is 42.0 Å². The number of carbonyl (C=O) groups is 1. The summed E-state index contributed by atoms with van der Waals surface area (Å²) in [4.78, 5) is 10.3. The summed E-state index contributed by atoms with van der Waals surface area (Å²) in [5, 5.41) is 0. The molecule has 0 aromatic heterocycles. The van der Waals surface area contributed by atoms with E-state index in [1.807, 2.05) is 6.92 Å². The number of Topliss-reactive ketones (excluding diaryl/α,β-unsaturated/α-hetero) is 1. The lowest BCUT2D eigenvalue weighted by Gasteiger charge is -1.87. The first-order valence-corrected chi connectivity index (χ1v) is 2.53. The van der Waals surface area contributed by atoms with E-state index in [1.54, 1.807) is 0 Å². The van der Waals surface area contributed by atoms with Gasteiger partial charge in [-0.15, -0.1) is 0 Å². The van der Waals surface area contributed by atoms with E-state index in [0.717, 1.165) is 6.42 Å². The summed E-state index contributed by atoms with van der Waals surface area (Å²) in [6.07, 6.45) is 1.55. The molecule has 2 N–H and O–H groups in total. The first-order chi connectivity index (χ1) is 3.31. The smallest absolute Gasteiger partial charge is 0.146 e. The maximum atomic E-state index is 10.3. The molecule has 0 saturated heterocycles. The highest BCUT2D eigenvalue weighted by Gasteiger charge is 1.91. The summed E-state index contributed by atoms with van der Waals surface area (Å²) in [5.74, 6) is 0.155. The molecular weight excluding hydrogens is 126 g/mol. The molecule has 66 valence electrons. The monoisotopic (exact) mass is 149 g/mol. The first kappa shape index (κ1) is 22.6. The molecule has 0 aliphatic heterocycles. The van der Waals surface area contributed by atoms with Gasteiger partial charge in [0.1, 0.15) is 5.78 Å². The molecule has 2 nitrogen and oxygen atoms in total. The van der Waals surface area contributed by atoms with Crippen molar-refractivity contribution in [1.82, 2.24) is 0 Å². The van der Waals surface area contributed by atoms with E-state index >= 15 is 0 Å². The number of hydrogen-bond acceptors (Lipinski definition) is 2. The van der Waals surface area contributed by atoms with E-state index in [4.69, 9.17) is 5.73 Å². The summed E-state index contributed by atoms with van der Waals surface area (Å²) < 4.78 is 0. The fourth-order valence-corrected chi connectivity index (χ4v) is 0.381. The Morgan fingerprint density at radius 3 is 1.80 bits per heavy atom. The lowest BCUT2D eigenvalue weighted by molar-refractivity contribution is -0.117. The highest BCUT2D eigenvalue weighted by molar-refractivity contribution is 5.80. The van der Waals surface area contributed by atoms with E-state index in [1.165, 1.54) is 0 Å². The molecule has 0 aromatic carbocycles. The number of hydrogen-bond donors (Lipinski definition) is 1. The minimum Gasteiger partial charge on any atom is -0.324 e. The van der Waals surface area contributed by atoms with Crippen molar-refractivity contribution < 1.29 is 4.79 Å². The largest absolute Gasteiger partial charge is 0.324 e. The Morgan fingerprint density at radius 2 is 1.70 bits per heavy atom. The van der Waals surface area contributed by atoms with Gasteiger partial charge in [-0.2, -0.15) is 0 Å². The standard InChI is InChI=1S/C5H11NO.3CH4/c1-2-3-5(7)4-6;;;/h2-4,6H2,1H3;3*1H4. The summed E-state index contributed by atoms with van der Waals surface area (Å²) in [5.41, 5.74) is 5.01. The van der Waals surface area contributed by atoms with E-state index in [2.05, 4.69) is 0 Å². The van der Waals surface area contributed by atoms with Crippen LogP contribution in [0.5, 0.6) is 0 Å². The van der Waals surface area contributed by atoms with Crippen molar-refractivity contribution in [2.24, 2.45) is 5.73 Å². The Hall–Kier alpha value is -0.370. The zero-order chi connectivity index (χ0) is 5.70.